The maximum atomic E-state index is 13.8. The molecule has 8 aromatic rings. The van der Waals surface area contributed by atoms with E-state index in [1.54, 1.807) is 98.3 Å². The minimum absolute atomic E-state index is 0.0256. The van der Waals surface area contributed by atoms with E-state index < -0.39 is 119 Å². The molecule has 0 bridgehead atoms. The number of aryl methyl sites for hydroxylation is 5. The summed E-state index contributed by atoms with van der Waals surface area (Å²) in [6.07, 6.45) is 3.23. The molecule has 30 heteroatoms. The van der Waals surface area contributed by atoms with Gasteiger partial charge in [-0.2, -0.15) is 0 Å². The number of hydrogen-bond acceptors (Lipinski definition) is 16. The molecular weight excluding hydrogens is 1510 g/mol. The number of methoxy groups -OCH3 is 1. The molecule has 574 valence electrons. The molecule has 0 fully saturated rings. The summed E-state index contributed by atoms with van der Waals surface area (Å²) in [4.78, 5) is -1.03. The second-order valence-corrected chi connectivity index (χ2v) is 48.9. The molecule has 0 spiro atoms. The van der Waals surface area contributed by atoms with Crippen molar-refractivity contribution in [2.45, 2.75) is 139 Å². The standard InChI is InChI=1S/C20H28O3SSi.C19H26O5SSi.C18H19F5O4SSi.C18H23FO4SSi/c1-5-23-25(3,4)15-14-18-8-10-19(11-9-18)16-24(21,22)20-12-6-17(2)7-13-20;1-22-18-9-11-19(12-10-18)25(20,21)15-17-7-5-16(6-8-17)13-14-26(4,23-2)24-3;1-26-29(3,27-2)9-8-11-4-6-12(7-5-11)10-28(24,25)18-16(22)14(20)13(19)15(21)17(18)23;1-22-25(3,23-2)13-12-15-4-6-16(7-5-15)14-24(20,21)18-10-8-17(19)9-11-18/h6-13H,5,14-16H2,1-4H3;5-12H,13-15H2,1-4H3;4-7H,8-10H2,1-3H3;4-11H,12-14H2,1-3H3. The number of ether oxygens (including phenoxy) is 1. The first-order valence-electron chi connectivity index (χ1n) is 33.4. The van der Waals surface area contributed by atoms with Gasteiger partial charge in [0.15, 0.2) is 70.9 Å². The van der Waals surface area contributed by atoms with Gasteiger partial charge >= 0.3 is 25.7 Å². The summed E-state index contributed by atoms with van der Waals surface area (Å²) in [5, 5.41) is 0. The topological polar surface area (TPSA) is 210 Å². The third-order valence-corrected chi connectivity index (χ3v) is 35.7. The summed E-state index contributed by atoms with van der Waals surface area (Å²) in [5.41, 5.74) is 7.81. The zero-order chi connectivity index (χ0) is 78.2. The zero-order valence-electron chi connectivity index (χ0n) is 61.8. The summed E-state index contributed by atoms with van der Waals surface area (Å²) >= 11 is 0. The van der Waals surface area contributed by atoms with Gasteiger partial charge in [-0.15, -0.1) is 0 Å². The molecule has 16 nitrogen and oxygen atoms in total. The first-order valence-corrected chi connectivity index (χ1v) is 50.7. The molecule has 0 saturated carbocycles. The van der Waals surface area contributed by atoms with E-state index in [1.807, 2.05) is 118 Å². The van der Waals surface area contributed by atoms with Gasteiger partial charge in [-0.3, -0.25) is 0 Å². The predicted molar refractivity (Wildman–Crippen MR) is 406 cm³/mol. The van der Waals surface area contributed by atoms with Crippen LogP contribution in [0.5, 0.6) is 5.75 Å². The molecule has 8 rings (SSSR count). The number of halogens is 6. The van der Waals surface area contributed by atoms with Crippen LogP contribution in [0, 0.1) is 41.8 Å². The molecule has 0 aliphatic heterocycles. The summed E-state index contributed by atoms with van der Waals surface area (Å²) < 4.78 is 223. The van der Waals surface area contributed by atoms with E-state index in [1.165, 1.54) is 29.8 Å². The van der Waals surface area contributed by atoms with Gasteiger partial charge in [-0.05, 0) is 202 Å². The Kier molecular flexibility index (Phi) is 34.1. The highest BCUT2D eigenvalue weighted by Crippen LogP contribution is 2.31. The van der Waals surface area contributed by atoms with E-state index in [-0.39, 0.29) is 27.7 Å². The monoisotopic (exact) mass is 1610 g/mol. The average Bonchev–Trinajstić information content (AvgIpc) is 0.766. The maximum Gasteiger partial charge on any atom is 0.334 e. The van der Waals surface area contributed by atoms with Gasteiger partial charge in [0.05, 0.1) is 44.8 Å². The van der Waals surface area contributed by atoms with E-state index in [2.05, 4.69) is 13.1 Å². The van der Waals surface area contributed by atoms with E-state index in [0.717, 1.165) is 89.5 Å². The SMILES string of the molecule is CCO[Si](C)(C)CCc1ccc(CS(=O)(=O)c2ccc(C)cc2)cc1.CO[Si](C)(CCc1ccc(CS(=O)(=O)c2c(F)c(F)c(F)c(F)c2F)cc1)OC.CO[Si](C)(CCc1ccc(CS(=O)(=O)c2ccc(F)cc2)cc1)OC.COc1ccc(S(=O)(=O)Cc2ccc(CC[Si](C)(OC)OC)cc2)cc1. The van der Waals surface area contributed by atoms with Crippen LogP contribution in [-0.4, -0.2) is 124 Å². The van der Waals surface area contributed by atoms with E-state index >= 15 is 0 Å². The van der Waals surface area contributed by atoms with Gasteiger partial charge < -0.3 is 35.7 Å². The van der Waals surface area contributed by atoms with Crippen LogP contribution in [0.3, 0.4) is 0 Å². The molecule has 0 saturated heterocycles. The molecular formula is C75H96F6O16S4Si4. The summed E-state index contributed by atoms with van der Waals surface area (Å²) in [7, 11) is -11.7. The smallest absolute Gasteiger partial charge is 0.334 e. The molecule has 0 radical (unpaired) electrons. The largest absolute Gasteiger partial charge is 0.497 e. The Morgan fingerprint density at radius 2 is 0.562 bits per heavy atom. The van der Waals surface area contributed by atoms with Gasteiger partial charge in [0, 0.05) is 49.3 Å². The molecule has 0 amide bonds. The first kappa shape index (κ1) is 89.2. The van der Waals surface area contributed by atoms with Crippen LogP contribution < -0.4 is 4.74 Å². The number of benzene rings is 8. The van der Waals surface area contributed by atoms with Crippen molar-refractivity contribution in [3.63, 3.8) is 0 Å². The normalized spacial score (nSPS) is 12.3. The van der Waals surface area contributed by atoms with Crippen molar-refractivity contribution in [3.8, 4) is 5.75 Å². The number of rotatable bonds is 33. The van der Waals surface area contributed by atoms with Crippen molar-refractivity contribution in [1.82, 2.24) is 0 Å². The fraction of sp³-hybridized carbons (Fsp3) is 0.360. The van der Waals surface area contributed by atoms with Crippen LogP contribution in [0.1, 0.15) is 57.0 Å². The average molecular weight is 1610 g/mol. The molecule has 0 N–H and O–H groups in total. The van der Waals surface area contributed by atoms with Crippen molar-refractivity contribution in [2.24, 2.45) is 0 Å². The van der Waals surface area contributed by atoms with E-state index in [9.17, 15) is 60.0 Å². The fourth-order valence-corrected chi connectivity index (χ4v) is 21.6. The Morgan fingerprint density at radius 1 is 0.314 bits per heavy atom. The third-order valence-electron chi connectivity index (χ3n) is 17.7. The molecule has 0 aliphatic carbocycles. The quantitative estimate of drug-likeness (QED) is 0.0123. The van der Waals surface area contributed by atoms with Crippen LogP contribution >= 0.6 is 0 Å². The molecule has 0 aromatic heterocycles. The van der Waals surface area contributed by atoms with Crippen LogP contribution in [0.15, 0.2) is 189 Å². The van der Waals surface area contributed by atoms with Crippen LogP contribution in [0.25, 0.3) is 0 Å². The molecule has 105 heavy (non-hydrogen) atoms. The summed E-state index contributed by atoms with van der Waals surface area (Å²) in [6.45, 7) is 15.2. The lowest BCUT2D eigenvalue weighted by Gasteiger charge is -2.22. The van der Waals surface area contributed by atoms with Crippen LogP contribution in [0.4, 0.5) is 26.3 Å². The molecule has 0 heterocycles. The van der Waals surface area contributed by atoms with Gasteiger partial charge in [-0.25, -0.2) is 60.0 Å². The van der Waals surface area contributed by atoms with Crippen molar-refractivity contribution in [2.75, 3.05) is 56.4 Å². The predicted octanol–water partition coefficient (Wildman–Crippen LogP) is 16.3. The molecule has 0 atom stereocenters. The maximum absolute atomic E-state index is 13.8. The Labute approximate surface area is 620 Å². The van der Waals surface area contributed by atoms with Crippen molar-refractivity contribution >= 4 is 73.3 Å². The highest BCUT2D eigenvalue weighted by atomic mass is 32.2. The molecule has 0 unspecified atom stereocenters. The van der Waals surface area contributed by atoms with Crippen molar-refractivity contribution < 1.29 is 95.7 Å². The van der Waals surface area contributed by atoms with Crippen LogP contribution in [0.2, 0.25) is 56.9 Å². The zero-order valence-corrected chi connectivity index (χ0v) is 69.1. The van der Waals surface area contributed by atoms with Gasteiger partial charge in [0.25, 0.3) is 0 Å². The van der Waals surface area contributed by atoms with Gasteiger partial charge in [0.1, 0.15) is 16.5 Å². The molecule has 0 aliphatic rings. The lowest BCUT2D eigenvalue weighted by molar-refractivity contribution is 0.249. The summed E-state index contributed by atoms with van der Waals surface area (Å²) in [6, 6.07) is 50.9. The van der Waals surface area contributed by atoms with Gasteiger partial charge in [-0.1, -0.05) is 115 Å². The Morgan fingerprint density at radius 3 is 0.838 bits per heavy atom. The minimum atomic E-state index is -4.82. The van der Waals surface area contributed by atoms with Crippen LogP contribution in [-0.2, 0) is 119 Å². The second-order valence-electron chi connectivity index (χ2n) is 26.0. The summed E-state index contributed by atoms with van der Waals surface area (Å²) in [5.74, 6) is -12.6. The highest BCUT2D eigenvalue weighted by Gasteiger charge is 2.35. The van der Waals surface area contributed by atoms with Crippen molar-refractivity contribution in [3.05, 3.63) is 255 Å². The molecule has 8 aromatic carbocycles. The number of sulfone groups is 4. The van der Waals surface area contributed by atoms with E-state index in [4.69, 9.17) is 35.7 Å². The first-order chi connectivity index (χ1) is 49.3. The Balaban J connectivity index is 0.000000252. The fourth-order valence-electron chi connectivity index (χ4n) is 10.3. The Bertz CT molecular complexity index is 4490. The minimum Gasteiger partial charge on any atom is -0.497 e. The van der Waals surface area contributed by atoms with E-state index in [0.29, 0.717) is 33.6 Å². The number of hydrogen-bond donors (Lipinski definition) is 0. The van der Waals surface area contributed by atoms with Crippen molar-refractivity contribution in [1.29, 1.82) is 0 Å². The van der Waals surface area contributed by atoms with Gasteiger partial charge in [0.2, 0.25) is 5.82 Å². The Hall–Kier alpha value is -6.47. The second kappa shape index (κ2) is 40.1. The third kappa shape index (κ3) is 27.6. The highest BCUT2D eigenvalue weighted by molar-refractivity contribution is 7.91. The lowest BCUT2D eigenvalue weighted by Crippen LogP contribution is -2.36. The lowest BCUT2D eigenvalue weighted by atomic mass is 10.1.